The number of methoxy groups -OCH3 is 1. The third-order valence-corrected chi connectivity index (χ3v) is 5.15. The molecule has 0 radical (unpaired) electrons. The monoisotopic (exact) mass is 474 g/mol. The summed E-state index contributed by atoms with van der Waals surface area (Å²) in [6.45, 7) is 1.22. The normalized spacial score (nSPS) is 11.4. The van der Waals surface area contributed by atoms with Gasteiger partial charge in [0.15, 0.2) is 0 Å². The molecule has 3 rings (SSSR count). The minimum atomic E-state index is -0.614. The van der Waals surface area contributed by atoms with Gasteiger partial charge in [0.25, 0.3) is 12.7 Å². The lowest BCUT2D eigenvalue weighted by molar-refractivity contribution is -0.700. The Bertz CT molecular complexity index is 1200. The number of hydrogen-bond acceptors (Lipinski definition) is 7. The van der Waals surface area contributed by atoms with Gasteiger partial charge in [0, 0.05) is 21.7 Å². The first kappa shape index (κ1) is 23.9. The molecule has 0 amide bonds. The van der Waals surface area contributed by atoms with Crippen LogP contribution in [0.15, 0.2) is 47.7 Å². The van der Waals surface area contributed by atoms with Crippen LogP contribution in [-0.4, -0.2) is 54.4 Å². The van der Waals surface area contributed by atoms with Gasteiger partial charge in [-0.2, -0.15) is 5.01 Å². The standard InChI is InChI=1S/C22H23ClN4O6/c1-14-18(12-21(28)32-13-33-24-27(30)25(2)3)19-11-17(31-4)9-10-20(19)26(14)22(29)15-5-7-16(23)8-6-15/h5-11H,12-13H2,1-4H3/b27-24-. The fraction of sp³-hybridized carbons (Fsp3) is 0.273. The minimum absolute atomic E-state index is 0.130. The average molecular weight is 475 g/mol. The molecule has 2 aromatic carbocycles. The third kappa shape index (κ3) is 5.35. The van der Waals surface area contributed by atoms with E-state index >= 15 is 0 Å². The number of hydrogen-bond donors (Lipinski definition) is 0. The molecular formula is C22H23ClN4O6. The van der Waals surface area contributed by atoms with Gasteiger partial charge in [-0.25, -0.2) is 0 Å². The first-order valence-electron chi connectivity index (χ1n) is 9.84. The molecule has 3 aromatic rings. The number of nitrogens with zero attached hydrogens (tertiary/aromatic N) is 4. The number of carbonyl (C=O) groups is 2. The number of halogens is 1. The topological polar surface area (TPSA) is 108 Å². The fourth-order valence-electron chi connectivity index (χ4n) is 3.23. The molecule has 0 aliphatic carbocycles. The van der Waals surface area contributed by atoms with Crippen LogP contribution in [0.2, 0.25) is 5.02 Å². The van der Waals surface area contributed by atoms with Crippen LogP contribution in [0.1, 0.15) is 21.6 Å². The second-order valence-electron chi connectivity index (χ2n) is 7.22. The Morgan fingerprint density at radius 1 is 1.18 bits per heavy atom. The third-order valence-electron chi connectivity index (χ3n) is 4.90. The van der Waals surface area contributed by atoms with Gasteiger partial charge in [0.1, 0.15) is 5.75 Å². The zero-order valence-electron chi connectivity index (χ0n) is 18.6. The van der Waals surface area contributed by atoms with Crippen molar-refractivity contribution >= 4 is 34.4 Å². The van der Waals surface area contributed by atoms with Crippen LogP contribution in [0.4, 0.5) is 0 Å². The lowest BCUT2D eigenvalue weighted by Gasteiger charge is -2.08. The van der Waals surface area contributed by atoms with Gasteiger partial charge in [-0.15, -0.1) is 0 Å². The van der Waals surface area contributed by atoms with E-state index in [1.165, 1.54) is 21.2 Å². The molecule has 0 spiro atoms. The van der Waals surface area contributed by atoms with E-state index in [1.807, 2.05) is 0 Å². The summed E-state index contributed by atoms with van der Waals surface area (Å²) < 4.78 is 11.9. The van der Waals surface area contributed by atoms with E-state index in [0.717, 1.165) is 5.01 Å². The van der Waals surface area contributed by atoms with Gasteiger partial charge in [-0.1, -0.05) is 11.6 Å². The summed E-state index contributed by atoms with van der Waals surface area (Å²) in [4.78, 5) is 30.6. The fourth-order valence-corrected chi connectivity index (χ4v) is 3.36. The molecule has 0 atom stereocenters. The summed E-state index contributed by atoms with van der Waals surface area (Å²) in [5, 5.41) is 16.8. The van der Waals surface area contributed by atoms with E-state index in [2.05, 4.69) is 5.28 Å². The van der Waals surface area contributed by atoms with Gasteiger partial charge in [-0.05, 0) is 55.0 Å². The van der Waals surface area contributed by atoms with Crippen molar-refractivity contribution in [1.82, 2.24) is 9.58 Å². The van der Waals surface area contributed by atoms with E-state index < -0.39 is 12.8 Å². The minimum Gasteiger partial charge on any atom is -0.569 e. The SMILES string of the molecule is COc1ccc2c(c1)c(CC(=O)OCO/N=[N+](\[O-])N(C)C)c(C)n2C(=O)c1ccc(Cl)cc1. The summed E-state index contributed by atoms with van der Waals surface area (Å²) >= 11 is 5.95. The lowest BCUT2D eigenvalue weighted by Crippen LogP contribution is -2.21. The summed E-state index contributed by atoms with van der Waals surface area (Å²) in [7, 11) is 4.49. The lowest BCUT2D eigenvalue weighted by atomic mass is 10.1. The Morgan fingerprint density at radius 2 is 1.88 bits per heavy atom. The quantitative estimate of drug-likeness (QED) is 0.122. The highest BCUT2D eigenvalue weighted by atomic mass is 35.5. The molecule has 0 saturated heterocycles. The van der Waals surface area contributed by atoms with Crippen LogP contribution in [0.3, 0.4) is 0 Å². The van der Waals surface area contributed by atoms with Crippen molar-refractivity contribution in [3.05, 3.63) is 69.5 Å². The molecule has 1 aromatic heterocycles. The largest absolute Gasteiger partial charge is 0.569 e. The number of ether oxygens (including phenoxy) is 2. The van der Waals surface area contributed by atoms with Gasteiger partial charge >= 0.3 is 5.97 Å². The van der Waals surface area contributed by atoms with E-state index in [1.54, 1.807) is 54.0 Å². The number of aromatic nitrogens is 1. The van der Waals surface area contributed by atoms with Crippen LogP contribution in [0.25, 0.3) is 10.9 Å². The van der Waals surface area contributed by atoms with Crippen molar-refractivity contribution in [3.8, 4) is 5.75 Å². The molecule has 174 valence electrons. The Labute approximate surface area is 195 Å². The molecule has 0 bridgehead atoms. The molecular weight excluding hydrogens is 452 g/mol. The molecule has 0 unspecified atom stereocenters. The highest BCUT2D eigenvalue weighted by Gasteiger charge is 2.22. The smallest absolute Gasteiger partial charge is 0.313 e. The Hall–Kier alpha value is -3.79. The second kappa shape index (κ2) is 10.2. The van der Waals surface area contributed by atoms with E-state index in [0.29, 0.717) is 38.5 Å². The predicted molar refractivity (Wildman–Crippen MR) is 120 cm³/mol. The van der Waals surface area contributed by atoms with E-state index in [4.69, 9.17) is 25.9 Å². The van der Waals surface area contributed by atoms with Crippen LogP contribution in [-0.2, 0) is 20.8 Å². The number of benzene rings is 2. The predicted octanol–water partition coefficient (Wildman–Crippen LogP) is 3.71. The number of carbonyl (C=O) groups excluding carboxylic acids is 2. The highest BCUT2D eigenvalue weighted by Crippen LogP contribution is 2.31. The van der Waals surface area contributed by atoms with Crippen molar-refractivity contribution in [2.24, 2.45) is 5.28 Å². The van der Waals surface area contributed by atoms with Gasteiger partial charge in [-0.3, -0.25) is 14.2 Å². The summed E-state index contributed by atoms with van der Waals surface area (Å²) in [6.07, 6.45) is -0.130. The summed E-state index contributed by atoms with van der Waals surface area (Å²) in [6, 6.07) is 11.8. The van der Waals surface area contributed by atoms with Crippen molar-refractivity contribution in [2.45, 2.75) is 13.3 Å². The molecule has 0 N–H and O–H groups in total. The summed E-state index contributed by atoms with van der Waals surface area (Å²) in [5.41, 5.74) is 2.25. The van der Waals surface area contributed by atoms with Gasteiger partial charge in [0.2, 0.25) is 5.28 Å². The highest BCUT2D eigenvalue weighted by molar-refractivity contribution is 6.30. The molecule has 33 heavy (non-hydrogen) atoms. The Balaban J connectivity index is 1.90. The van der Waals surface area contributed by atoms with Gasteiger partial charge in [0.05, 0.1) is 38.1 Å². The maximum Gasteiger partial charge on any atom is 0.313 e. The van der Waals surface area contributed by atoms with Crippen molar-refractivity contribution in [1.29, 1.82) is 0 Å². The van der Waals surface area contributed by atoms with Crippen LogP contribution in [0.5, 0.6) is 5.75 Å². The zero-order chi connectivity index (χ0) is 24.1. The van der Waals surface area contributed by atoms with Crippen LogP contribution < -0.4 is 4.74 Å². The molecule has 0 aliphatic rings. The molecule has 0 aliphatic heterocycles. The molecule has 0 fully saturated rings. The Kier molecular flexibility index (Phi) is 7.39. The number of fused-ring (bicyclic) bond motifs is 1. The van der Waals surface area contributed by atoms with Gasteiger partial charge < -0.3 is 19.5 Å². The molecule has 0 saturated carbocycles. The van der Waals surface area contributed by atoms with Crippen molar-refractivity contribution < 1.29 is 28.9 Å². The Morgan fingerprint density at radius 3 is 2.52 bits per heavy atom. The van der Waals surface area contributed by atoms with Crippen LogP contribution >= 0.6 is 11.6 Å². The number of rotatable bonds is 8. The van der Waals surface area contributed by atoms with E-state index in [9.17, 15) is 14.8 Å². The molecule has 10 nitrogen and oxygen atoms in total. The first-order valence-corrected chi connectivity index (χ1v) is 10.2. The molecule has 1 heterocycles. The number of hydrazine groups is 1. The zero-order valence-corrected chi connectivity index (χ0v) is 19.3. The first-order chi connectivity index (χ1) is 15.7. The average Bonchev–Trinajstić information content (AvgIpc) is 3.06. The second-order valence-corrected chi connectivity index (χ2v) is 7.65. The number of esters is 1. The van der Waals surface area contributed by atoms with Crippen molar-refractivity contribution in [2.75, 3.05) is 28.0 Å². The van der Waals surface area contributed by atoms with Crippen molar-refractivity contribution in [3.63, 3.8) is 0 Å². The van der Waals surface area contributed by atoms with E-state index in [-0.39, 0.29) is 17.3 Å². The maximum absolute atomic E-state index is 13.3. The summed E-state index contributed by atoms with van der Waals surface area (Å²) in [5.74, 6) is -0.300. The molecule has 11 heteroatoms. The van der Waals surface area contributed by atoms with Crippen LogP contribution in [0, 0.1) is 12.1 Å². The maximum atomic E-state index is 13.3.